The molecule has 1 atom stereocenters. The van der Waals surface area contributed by atoms with Crippen molar-refractivity contribution in [2.75, 3.05) is 20.2 Å². The van der Waals surface area contributed by atoms with Crippen LogP contribution in [-0.4, -0.2) is 46.5 Å². The van der Waals surface area contributed by atoms with Gasteiger partial charge in [-0.3, -0.25) is 4.90 Å². The van der Waals surface area contributed by atoms with Gasteiger partial charge in [0.25, 0.3) is 0 Å². The highest BCUT2D eigenvalue weighted by Crippen LogP contribution is 2.24. The summed E-state index contributed by atoms with van der Waals surface area (Å²) >= 11 is 5.77. The van der Waals surface area contributed by atoms with E-state index in [0.717, 1.165) is 5.56 Å². The zero-order chi connectivity index (χ0) is 12.1. The molecule has 1 aromatic carbocycles. The zero-order valence-electron chi connectivity index (χ0n) is 9.10. The van der Waals surface area contributed by atoms with Gasteiger partial charge in [-0.25, -0.2) is 0 Å². The Kier molecular flexibility index (Phi) is 5.02. The molecular weight excluding hydrogens is 230 g/mol. The van der Waals surface area contributed by atoms with Crippen LogP contribution in [0, 0.1) is 0 Å². The van der Waals surface area contributed by atoms with Crippen molar-refractivity contribution in [2.45, 2.75) is 12.6 Å². The molecule has 0 radical (unpaired) electrons. The number of benzene rings is 1. The lowest BCUT2D eigenvalue weighted by Crippen LogP contribution is -2.30. The van der Waals surface area contributed by atoms with E-state index in [2.05, 4.69) is 0 Å². The highest BCUT2D eigenvalue weighted by molar-refractivity contribution is 6.32. The maximum atomic E-state index is 9.25. The van der Waals surface area contributed by atoms with E-state index in [0.29, 0.717) is 18.1 Å². The Morgan fingerprint density at radius 3 is 2.69 bits per heavy atom. The minimum Gasteiger partial charge on any atom is -0.506 e. The van der Waals surface area contributed by atoms with Gasteiger partial charge < -0.3 is 15.3 Å². The summed E-state index contributed by atoms with van der Waals surface area (Å²) in [5, 5.41) is 27.5. The van der Waals surface area contributed by atoms with Crippen molar-refractivity contribution < 1.29 is 15.3 Å². The van der Waals surface area contributed by atoms with Crippen LogP contribution in [0.3, 0.4) is 0 Å². The number of hydrogen-bond acceptors (Lipinski definition) is 4. The minimum absolute atomic E-state index is 0.0588. The fraction of sp³-hybridized carbons (Fsp3) is 0.455. The highest BCUT2D eigenvalue weighted by Gasteiger charge is 2.08. The fourth-order valence-electron chi connectivity index (χ4n) is 1.44. The third kappa shape index (κ3) is 3.98. The first-order chi connectivity index (χ1) is 7.52. The van der Waals surface area contributed by atoms with Gasteiger partial charge in [0, 0.05) is 13.1 Å². The molecule has 0 heterocycles. The maximum absolute atomic E-state index is 9.25. The normalized spacial score (nSPS) is 13.1. The van der Waals surface area contributed by atoms with Crippen molar-refractivity contribution in [3.8, 4) is 5.75 Å². The summed E-state index contributed by atoms with van der Waals surface area (Å²) in [6.07, 6.45) is -0.738. The molecule has 0 aliphatic carbocycles. The first-order valence-corrected chi connectivity index (χ1v) is 5.35. The summed E-state index contributed by atoms with van der Waals surface area (Å²) < 4.78 is 0. The molecule has 4 nitrogen and oxygen atoms in total. The number of nitrogens with zero attached hydrogens (tertiary/aromatic N) is 1. The molecule has 0 saturated carbocycles. The molecule has 1 unspecified atom stereocenters. The molecule has 0 bridgehead atoms. The Labute approximate surface area is 99.7 Å². The molecule has 5 heteroatoms. The van der Waals surface area contributed by atoms with Gasteiger partial charge >= 0.3 is 0 Å². The van der Waals surface area contributed by atoms with E-state index >= 15 is 0 Å². The molecule has 0 amide bonds. The summed E-state index contributed by atoms with van der Waals surface area (Å²) in [4.78, 5) is 1.86. The highest BCUT2D eigenvalue weighted by atomic mass is 35.5. The second-order valence-electron chi connectivity index (χ2n) is 3.82. The van der Waals surface area contributed by atoms with E-state index in [-0.39, 0.29) is 12.4 Å². The molecule has 0 aromatic heterocycles. The molecule has 1 aromatic rings. The van der Waals surface area contributed by atoms with E-state index in [1.54, 1.807) is 12.1 Å². The monoisotopic (exact) mass is 245 g/mol. The van der Waals surface area contributed by atoms with Gasteiger partial charge in [0.15, 0.2) is 0 Å². The Morgan fingerprint density at radius 1 is 1.44 bits per heavy atom. The van der Waals surface area contributed by atoms with Gasteiger partial charge in [-0.1, -0.05) is 17.7 Å². The third-order valence-corrected chi connectivity index (χ3v) is 2.50. The van der Waals surface area contributed by atoms with Gasteiger partial charge in [-0.15, -0.1) is 0 Å². The van der Waals surface area contributed by atoms with Crippen LogP contribution in [0.25, 0.3) is 0 Å². The van der Waals surface area contributed by atoms with Crippen molar-refractivity contribution in [1.82, 2.24) is 4.90 Å². The molecular formula is C11H16ClNO3. The number of aliphatic hydroxyl groups excluding tert-OH is 2. The van der Waals surface area contributed by atoms with Crippen LogP contribution in [0.15, 0.2) is 18.2 Å². The Balaban J connectivity index is 2.56. The summed E-state index contributed by atoms with van der Waals surface area (Å²) in [5.41, 5.74) is 0.940. The number of rotatable bonds is 5. The van der Waals surface area contributed by atoms with Crippen molar-refractivity contribution >= 4 is 11.6 Å². The van der Waals surface area contributed by atoms with E-state index < -0.39 is 6.10 Å². The molecule has 90 valence electrons. The number of likely N-dealkylation sites (N-methyl/N-ethyl adjacent to an activating group) is 1. The second-order valence-corrected chi connectivity index (χ2v) is 4.23. The van der Waals surface area contributed by atoms with E-state index in [9.17, 15) is 10.2 Å². The predicted octanol–water partition coefficient (Wildman–Crippen LogP) is 0.831. The van der Waals surface area contributed by atoms with Gasteiger partial charge in [-0.2, -0.15) is 0 Å². The molecule has 0 saturated heterocycles. The van der Waals surface area contributed by atoms with Crippen molar-refractivity contribution in [3.05, 3.63) is 28.8 Å². The number of phenolic OH excluding ortho intramolecular Hbond substituents is 1. The number of hydrogen-bond donors (Lipinski definition) is 3. The largest absolute Gasteiger partial charge is 0.506 e. The maximum Gasteiger partial charge on any atom is 0.134 e. The Morgan fingerprint density at radius 2 is 2.12 bits per heavy atom. The lowest BCUT2D eigenvalue weighted by Gasteiger charge is -2.19. The summed E-state index contributed by atoms with van der Waals surface area (Å²) in [7, 11) is 1.83. The van der Waals surface area contributed by atoms with Crippen molar-refractivity contribution in [2.24, 2.45) is 0 Å². The Hall–Kier alpha value is -0.810. The van der Waals surface area contributed by atoms with E-state index in [4.69, 9.17) is 16.7 Å². The van der Waals surface area contributed by atoms with E-state index in [1.807, 2.05) is 11.9 Å². The lowest BCUT2D eigenvalue weighted by molar-refractivity contribution is 0.0648. The topological polar surface area (TPSA) is 63.9 Å². The van der Waals surface area contributed by atoms with Crippen molar-refractivity contribution in [1.29, 1.82) is 0 Å². The molecule has 0 spiro atoms. The molecule has 0 aliphatic rings. The van der Waals surface area contributed by atoms with Crippen LogP contribution in [-0.2, 0) is 6.54 Å². The molecule has 1 rings (SSSR count). The number of halogens is 1. The van der Waals surface area contributed by atoms with Crippen LogP contribution in [0.5, 0.6) is 5.75 Å². The SMILES string of the molecule is CN(Cc1ccc(O)c(Cl)c1)CC(O)CO. The average Bonchev–Trinajstić information content (AvgIpc) is 2.23. The lowest BCUT2D eigenvalue weighted by atomic mass is 10.2. The molecule has 16 heavy (non-hydrogen) atoms. The quantitative estimate of drug-likeness (QED) is 0.719. The number of aliphatic hydroxyl groups is 2. The first-order valence-electron chi connectivity index (χ1n) is 4.97. The molecule has 0 aliphatic heterocycles. The van der Waals surface area contributed by atoms with Crippen LogP contribution in [0.2, 0.25) is 5.02 Å². The van der Waals surface area contributed by atoms with Gasteiger partial charge in [0.05, 0.1) is 17.7 Å². The minimum atomic E-state index is -0.738. The standard InChI is InChI=1S/C11H16ClNO3/c1-13(6-9(15)7-14)5-8-2-3-11(16)10(12)4-8/h2-4,9,14-16H,5-7H2,1H3. The van der Waals surface area contributed by atoms with Crippen LogP contribution >= 0.6 is 11.6 Å². The summed E-state index contributed by atoms with van der Waals surface area (Å²) in [6.45, 7) is 0.729. The number of aromatic hydroxyl groups is 1. The summed E-state index contributed by atoms with van der Waals surface area (Å²) in [6, 6.07) is 4.98. The van der Waals surface area contributed by atoms with Crippen molar-refractivity contribution in [3.63, 3.8) is 0 Å². The van der Waals surface area contributed by atoms with Crippen LogP contribution < -0.4 is 0 Å². The van der Waals surface area contributed by atoms with Gasteiger partial charge in [0.2, 0.25) is 0 Å². The second kappa shape index (κ2) is 6.06. The predicted molar refractivity (Wildman–Crippen MR) is 62.5 cm³/mol. The zero-order valence-corrected chi connectivity index (χ0v) is 9.85. The van der Waals surface area contributed by atoms with Gasteiger partial charge in [0.1, 0.15) is 5.75 Å². The first kappa shape index (κ1) is 13.3. The molecule has 3 N–H and O–H groups in total. The Bertz CT molecular complexity index is 346. The molecule has 0 fully saturated rings. The smallest absolute Gasteiger partial charge is 0.134 e. The average molecular weight is 246 g/mol. The fourth-order valence-corrected chi connectivity index (χ4v) is 1.65. The third-order valence-electron chi connectivity index (χ3n) is 2.20. The van der Waals surface area contributed by atoms with Crippen LogP contribution in [0.4, 0.5) is 0 Å². The summed E-state index contributed by atoms with van der Waals surface area (Å²) in [5.74, 6) is 0.0588. The number of phenols is 1. The van der Waals surface area contributed by atoms with Crippen LogP contribution in [0.1, 0.15) is 5.56 Å². The van der Waals surface area contributed by atoms with E-state index in [1.165, 1.54) is 6.07 Å². The van der Waals surface area contributed by atoms with Gasteiger partial charge in [-0.05, 0) is 24.7 Å².